The zero-order chi connectivity index (χ0) is 27.6. The molecule has 206 valence electrons. The predicted octanol–water partition coefficient (Wildman–Crippen LogP) is 5.97. The number of esters is 1. The van der Waals surface area contributed by atoms with Gasteiger partial charge in [-0.05, 0) is 56.7 Å². The Morgan fingerprint density at radius 1 is 1.27 bits per heavy atom. The quantitative estimate of drug-likeness (QED) is 0.369. The van der Waals surface area contributed by atoms with Gasteiger partial charge in [0.25, 0.3) is 0 Å². The van der Waals surface area contributed by atoms with Gasteiger partial charge in [0.15, 0.2) is 6.10 Å². The van der Waals surface area contributed by atoms with Gasteiger partial charge < -0.3 is 14.9 Å². The molecule has 1 aromatic rings. The van der Waals surface area contributed by atoms with Crippen LogP contribution in [0, 0.1) is 17.3 Å². The smallest absolute Gasteiger partial charge is 0.309 e. The summed E-state index contributed by atoms with van der Waals surface area (Å²) in [5.41, 5.74) is 0.144. The first kappa shape index (κ1) is 30.8. The Balaban J connectivity index is 2.37. The van der Waals surface area contributed by atoms with E-state index in [-0.39, 0.29) is 18.1 Å². The molecule has 0 amide bonds. The molecular weight excluding hydrogens is 473 g/mol. The Morgan fingerprint density at radius 3 is 2.65 bits per heavy atom. The SMILES string of the molecule is CCCC[C@H]1C(=O)C(C)(C)[C@@H](O)CC(=O)O[C@H](/C(F)=C/c2ccccn2)C/C=C(/C)CCC[C@H](C)[C@@H]1O. The number of hydrogen-bond acceptors (Lipinski definition) is 6. The highest BCUT2D eigenvalue weighted by Crippen LogP contribution is 2.35. The van der Waals surface area contributed by atoms with Crippen molar-refractivity contribution in [1.29, 1.82) is 0 Å². The molecule has 2 N–H and O–H groups in total. The number of aromatic nitrogens is 1. The van der Waals surface area contributed by atoms with Gasteiger partial charge in [0.2, 0.25) is 0 Å². The standard InChI is InChI=1S/C30H44FNO5/c1-6-7-14-23-28(35)21(3)12-10-11-20(2)15-16-25(24(31)18-22-13-8-9-17-32-22)37-27(34)19-26(33)30(4,5)29(23)36/h8-9,13,15,17-18,21,23,25-26,28,33,35H,6-7,10-12,14,16,19H2,1-5H3/b20-15-,24-18-/t21-,23+,25-,26-,28-/m0/s1. The molecule has 0 spiro atoms. The molecule has 0 bridgehead atoms. The van der Waals surface area contributed by atoms with Crippen LogP contribution in [0.1, 0.15) is 91.7 Å². The first-order valence-electron chi connectivity index (χ1n) is 13.5. The van der Waals surface area contributed by atoms with Crippen LogP contribution in [0.25, 0.3) is 6.08 Å². The second-order valence-electron chi connectivity index (χ2n) is 11.0. The molecule has 1 aromatic heterocycles. The number of carbonyl (C=O) groups excluding carboxylic acids is 2. The van der Waals surface area contributed by atoms with Crippen LogP contribution in [0.2, 0.25) is 0 Å². The monoisotopic (exact) mass is 517 g/mol. The van der Waals surface area contributed by atoms with Crippen molar-refractivity contribution in [3.63, 3.8) is 0 Å². The number of ketones is 1. The van der Waals surface area contributed by atoms with Crippen LogP contribution in [0.5, 0.6) is 0 Å². The summed E-state index contributed by atoms with van der Waals surface area (Å²) in [6.07, 6.45) is 5.47. The molecule has 0 aromatic carbocycles. The summed E-state index contributed by atoms with van der Waals surface area (Å²) < 4.78 is 20.7. The molecule has 0 aliphatic carbocycles. The fourth-order valence-electron chi connectivity index (χ4n) is 4.74. The first-order valence-corrected chi connectivity index (χ1v) is 13.5. The molecular formula is C30H44FNO5. The van der Waals surface area contributed by atoms with Gasteiger partial charge in [-0.2, -0.15) is 0 Å². The van der Waals surface area contributed by atoms with E-state index in [1.54, 1.807) is 38.2 Å². The van der Waals surface area contributed by atoms with Crippen molar-refractivity contribution in [1.82, 2.24) is 4.98 Å². The number of Topliss-reactive ketones (excluding diaryl/α,β-unsaturated/α-hetero) is 1. The average molecular weight is 518 g/mol. The van der Waals surface area contributed by atoms with Crippen molar-refractivity contribution in [2.75, 3.05) is 0 Å². The van der Waals surface area contributed by atoms with E-state index in [1.807, 2.05) is 26.8 Å². The van der Waals surface area contributed by atoms with E-state index in [9.17, 15) is 19.8 Å². The number of rotatable bonds is 5. The number of aliphatic hydroxyl groups is 2. The molecule has 2 heterocycles. The number of pyridine rings is 1. The van der Waals surface area contributed by atoms with Gasteiger partial charge >= 0.3 is 5.97 Å². The molecule has 0 unspecified atom stereocenters. The molecule has 1 aliphatic rings. The Hall–Kier alpha value is -2.38. The minimum atomic E-state index is -1.34. The third-order valence-corrected chi connectivity index (χ3v) is 7.49. The number of ether oxygens (including phenoxy) is 1. The number of carbonyl (C=O) groups is 2. The fraction of sp³-hybridized carbons (Fsp3) is 0.633. The molecule has 0 radical (unpaired) electrons. The summed E-state index contributed by atoms with van der Waals surface area (Å²) in [5, 5.41) is 22.1. The zero-order valence-electron chi connectivity index (χ0n) is 23.0. The van der Waals surface area contributed by atoms with Crippen molar-refractivity contribution in [2.45, 2.75) is 104 Å². The van der Waals surface area contributed by atoms with E-state index in [2.05, 4.69) is 4.98 Å². The van der Waals surface area contributed by atoms with Gasteiger partial charge in [0.05, 0.1) is 29.7 Å². The fourth-order valence-corrected chi connectivity index (χ4v) is 4.74. The van der Waals surface area contributed by atoms with E-state index in [1.165, 1.54) is 6.08 Å². The maximum atomic E-state index is 15.2. The van der Waals surface area contributed by atoms with E-state index < -0.39 is 47.9 Å². The number of aliphatic hydroxyl groups excluding tert-OH is 2. The summed E-state index contributed by atoms with van der Waals surface area (Å²) >= 11 is 0. The number of cyclic esters (lactones) is 1. The third-order valence-electron chi connectivity index (χ3n) is 7.49. The van der Waals surface area contributed by atoms with Crippen molar-refractivity contribution < 1.29 is 28.9 Å². The summed E-state index contributed by atoms with van der Waals surface area (Å²) in [4.78, 5) is 30.5. The third kappa shape index (κ3) is 9.15. The lowest BCUT2D eigenvalue weighted by Gasteiger charge is -2.36. The number of unbranched alkanes of at least 4 members (excludes halogenated alkanes) is 1. The molecule has 0 saturated carbocycles. The Labute approximate surface area is 221 Å². The molecule has 2 rings (SSSR count). The number of hydrogen-bond donors (Lipinski definition) is 2. The lowest BCUT2D eigenvalue weighted by molar-refractivity contribution is -0.155. The van der Waals surface area contributed by atoms with Gasteiger partial charge in [-0.15, -0.1) is 0 Å². The van der Waals surface area contributed by atoms with Crippen LogP contribution >= 0.6 is 0 Å². The van der Waals surface area contributed by atoms with Gasteiger partial charge in [0, 0.05) is 18.5 Å². The molecule has 1 aliphatic heterocycles. The van der Waals surface area contributed by atoms with Crippen LogP contribution < -0.4 is 0 Å². The molecule has 0 fully saturated rings. The highest BCUT2D eigenvalue weighted by Gasteiger charge is 2.43. The zero-order valence-corrected chi connectivity index (χ0v) is 23.0. The number of allylic oxidation sites excluding steroid dienone is 1. The second-order valence-corrected chi connectivity index (χ2v) is 11.0. The van der Waals surface area contributed by atoms with E-state index in [0.717, 1.165) is 37.7 Å². The molecule has 0 saturated heterocycles. The lowest BCUT2D eigenvalue weighted by Crippen LogP contribution is -2.46. The predicted molar refractivity (Wildman–Crippen MR) is 143 cm³/mol. The molecule has 7 heteroatoms. The topological polar surface area (TPSA) is 96.7 Å². The summed E-state index contributed by atoms with van der Waals surface area (Å²) in [6, 6.07) is 5.12. The van der Waals surface area contributed by atoms with E-state index >= 15 is 4.39 Å². The first-order chi connectivity index (χ1) is 17.5. The highest BCUT2D eigenvalue weighted by atomic mass is 19.1. The van der Waals surface area contributed by atoms with Crippen LogP contribution in [0.4, 0.5) is 4.39 Å². The summed E-state index contributed by atoms with van der Waals surface area (Å²) in [7, 11) is 0. The summed E-state index contributed by atoms with van der Waals surface area (Å²) in [6.45, 7) is 9.12. The maximum absolute atomic E-state index is 15.2. The van der Waals surface area contributed by atoms with Crippen molar-refractivity contribution in [3.8, 4) is 0 Å². The normalized spacial score (nSPS) is 30.3. The number of halogens is 1. The Kier molecular flexibility index (Phi) is 12.1. The second kappa shape index (κ2) is 14.5. The van der Waals surface area contributed by atoms with Gasteiger partial charge in [0.1, 0.15) is 11.6 Å². The highest BCUT2D eigenvalue weighted by molar-refractivity contribution is 5.88. The van der Waals surface area contributed by atoms with E-state index in [0.29, 0.717) is 12.1 Å². The van der Waals surface area contributed by atoms with Gasteiger partial charge in [-0.25, -0.2) is 4.39 Å². The van der Waals surface area contributed by atoms with Gasteiger partial charge in [-0.1, -0.05) is 58.3 Å². The van der Waals surface area contributed by atoms with Crippen LogP contribution in [-0.2, 0) is 14.3 Å². The minimum absolute atomic E-state index is 0.101. The Morgan fingerprint density at radius 2 is 2.00 bits per heavy atom. The molecule has 6 nitrogen and oxygen atoms in total. The van der Waals surface area contributed by atoms with Crippen LogP contribution in [0.15, 0.2) is 41.9 Å². The van der Waals surface area contributed by atoms with E-state index in [4.69, 9.17) is 4.74 Å². The van der Waals surface area contributed by atoms with Crippen molar-refractivity contribution in [2.24, 2.45) is 17.3 Å². The van der Waals surface area contributed by atoms with Crippen molar-refractivity contribution >= 4 is 17.8 Å². The lowest BCUT2D eigenvalue weighted by atomic mass is 9.71. The largest absolute Gasteiger partial charge is 0.455 e. The maximum Gasteiger partial charge on any atom is 0.309 e. The number of nitrogens with zero attached hydrogens (tertiary/aromatic N) is 1. The van der Waals surface area contributed by atoms with Crippen LogP contribution in [-0.4, -0.2) is 45.3 Å². The summed E-state index contributed by atoms with van der Waals surface area (Å²) in [5.74, 6) is -2.43. The van der Waals surface area contributed by atoms with Crippen molar-refractivity contribution in [3.05, 3.63) is 47.6 Å². The Bertz CT molecular complexity index is 943. The minimum Gasteiger partial charge on any atom is -0.455 e. The molecule has 5 atom stereocenters. The van der Waals surface area contributed by atoms with Gasteiger partial charge in [-0.3, -0.25) is 14.6 Å². The average Bonchev–Trinajstić information content (AvgIpc) is 2.86. The molecule has 37 heavy (non-hydrogen) atoms. The van der Waals surface area contributed by atoms with Crippen LogP contribution in [0.3, 0.4) is 0 Å².